The maximum Gasteiger partial charge on any atom is 0.416 e. The Balaban J connectivity index is 2.14. The summed E-state index contributed by atoms with van der Waals surface area (Å²) < 4.78 is 45.6. The summed E-state index contributed by atoms with van der Waals surface area (Å²) in [5, 5.41) is 4.14. The number of nitrogens with one attached hydrogen (secondary N) is 1. The molecule has 0 atom stereocenters. The van der Waals surface area contributed by atoms with Crippen LogP contribution in [0, 0.1) is 6.92 Å². The predicted molar refractivity (Wildman–Crippen MR) is 93.8 cm³/mol. The maximum absolute atomic E-state index is 12.9. The van der Waals surface area contributed by atoms with Gasteiger partial charge >= 0.3 is 11.0 Å². The molecule has 1 aromatic heterocycles. The number of thiazole rings is 1. The molecule has 0 radical (unpaired) electrons. The minimum absolute atomic E-state index is 0.0346. The van der Waals surface area contributed by atoms with Crippen molar-refractivity contribution in [3.63, 3.8) is 0 Å². The molecule has 0 aliphatic carbocycles. The largest absolute Gasteiger partial charge is 0.491 e. The normalized spacial score (nSPS) is 11.4. The van der Waals surface area contributed by atoms with Gasteiger partial charge in [0.15, 0.2) is 0 Å². The molecule has 1 N–H and O–H groups in total. The van der Waals surface area contributed by atoms with E-state index in [1.54, 1.807) is 12.3 Å². The van der Waals surface area contributed by atoms with Crippen molar-refractivity contribution in [3.8, 4) is 5.75 Å². The second-order valence-corrected chi connectivity index (χ2v) is 6.47. The number of carbonyl (C=O) groups is 1. The number of hydrogen-bond acceptors (Lipinski definition) is 4. The second-order valence-electron chi connectivity index (χ2n) is 5.65. The lowest BCUT2D eigenvalue weighted by molar-refractivity contribution is -0.137. The monoisotopic (exact) mass is 388 g/mol. The standard InChI is InChI=1S/C17H19F3N2O3S/c1-3-8-25-14-5-4-12(17(18,19)20)9-13(14)21-15(23)6-7-22-11(2)10-26-16(22)24/h4-5,9-10H,3,6-8H2,1-2H3,(H,21,23). The average Bonchev–Trinajstić information content (AvgIpc) is 2.89. The average molecular weight is 388 g/mol. The van der Waals surface area contributed by atoms with Crippen molar-refractivity contribution in [1.82, 2.24) is 4.57 Å². The van der Waals surface area contributed by atoms with E-state index in [2.05, 4.69) is 5.32 Å². The summed E-state index contributed by atoms with van der Waals surface area (Å²) in [6.45, 7) is 4.09. The van der Waals surface area contributed by atoms with Gasteiger partial charge < -0.3 is 14.6 Å². The summed E-state index contributed by atoms with van der Waals surface area (Å²) in [6.07, 6.45) is -3.89. The molecule has 0 bridgehead atoms. The molecular weight excluding hydrogens is 369 g/mol. The van der Waals surface area contributed by atoms with Gasteiger partial charge in [0.25, 0.3) is 0 Å². The quantitative estimate of drug-likeness (QED) is 0.778. The van der Waals surface area contributed by atoms with Crippen LogP contribution >= 0.6 is 11.3 Å². The van der Waals surface area contributed by atoms with Gasteiger partial charge in [-0.05, 0) is 31.5 Å². The molecule has 1 heterocycles. The second kappa shape index (κ2) is 8.39. The van der Waals surface area contributed by atoms with E-state index in [4.69, 9.17) is 4.74 Å². The number of rotatable bonds is 7. The highest BCUT2D eigenvalue weighted by Gasteiger charge is 2.31. The van der Waals surface area contributed by atoms with Gasteiger partial charge in [-0.3, -0.25) is 9.59 Å². The number of alkyl halides is 3. The van der Waals surface area contributed by atoms with Gasteiger partial charge in [-0.1, -0.05) is 18.3 Å². The van der Waals surface area contributed by atoms with E-state index in [1.807, 2.05) is 6.92 Å². The first-order valence-corrected chi connectivity index (χ1v) is 8.89. The summed E-state index contributed by atoms with van der Waals surface area (Å²) in [5.74, 6) is -0.319. The van der Waals surface area contributed by atoms with Crippen LogP contribution in [0.5, 0.6) is 5.75 Å². The van der Waals surface area contributed by atoms with Crippen LogP contribution < -0.4 is 14.9 Å². The van der Waals surface area contributed by atoms with Crippen LogP contribution in [0.1, 0.15) is 31.0 Å². The lowest BCUT2D eigenvalue weighted by Crippen LogP contribution is -2.20. The summed E-state index contributed by atoms with van der Waals surface area (Å²) in [5.41, 5.74) is -0.173. The third-order valence-corrected chi connectivity index (χ3v) is 4.46. The zero-order chi connectivity index (χ0) is 19.3. The molecular formula is C17H19F3N2O3S. The van der Waals surface area contributed by atoms with E-state index >= 15 is 0 Å². The van der Waals surface area contributed by atoms with Gasteiger partial charge in [0.2, 0.25) is 5.91 Å². The van der Waals surface area contributed by atoms with E-state index in [1.165, 1.54) is 10.6 Å². The molecule has 0 fully saturated rings. The number of aromatic nitrogens is 1. The number of ether oxygens (including phenoxy) is 1. The molecule has 26 heavy (non-hydrogen) atoms. The van der Waals surface area contributed by atoms with Crippen LogP contribution in [-0.4, -0.2) is 17.1 Å². The Morgan fingerprint density at radius 1 is 1.35 bits per heavy atom. The van der Waals surface area contributed by atoms with Gasteiger partial charge in [0, 0.05) is 24.0 Å². The fourth-order valence-electron chi connectivity index (χ4n) is 2.24. The molecule has 2 rings (SSSR count). The first-order chi connectivity index (χ1) is 12.2. The molecule has 5 nitrogen and oxygen atoms in total. The van der Waals surface area contributed by atoms with Crippen molar-refractivity contribution >= 4 is 22.9 Å². The van der Waals surface area contributed by atoms with E-state index in [9.17, 15) is 22.8 Å². The predicted octanol–water partition coefficient (Wildman–Crippen LogP) is 4.05. The molecule has 0 aliphatic rings. The lowest BCUT2D eigenvalue weighted by atomic mass is 10.1. The Bertz CT molecular complexity index is 827. The number of amides is 1. The van der Waals surface area contributed by atoms with Gasteiger partial charge in [-0.15, -0.1) is 0 Å². The van der Waals surface area contributed by atoms with Crippen molar-refractivity contribution in [2.24, 2.45) is 0 Å². The molecule has 0 saturated carbocycles. The zero-order valence-electron chi connectivity index (χ0n) is 14.4. The van der Waals surface area contributed by atoms with Gasteiger partial charge in [-0.2, -0.15) is 13.2 Å². The zero-order valence-corrected chi connectivity index (χ0v) is 15.2. The number of hydrogen-bond donors (Lipinski definition) is 1. The smallest absolute Gasteiger partial charge is 0.416 e. The highest BCUT2D eigenvalue weighted by Crippen LogP contribution is 2.35. The first kappa shape index (κ1) is 20.0. The van der Waals surface area contributed by atoms with Gasteiger partial charge in [-0.25, -0.2) is 0 Å². The fraction of sp³-hybridized carbons (Fsp3) is 0.412. The van der Waals surface area contributed by atoms with Crippen LogP contribution in [0.15, 0.2) is 28.4 Å². The Hall–Kier alpha value is -2.29. The Kier molecular flexibility index (Phi) is 6.47. The number of benzene rings is 1. The van der Waals surface area contributed by atoms with Crippen molar-refractivity contribution in [1.29, 1.82) is 0 Å². The minimum atomic E-state index is -4.52. The van der Waals surface area contributed by atoms with Crippen LogP contribution in [-0.2, 0) is 17.5 Å². The van der Waals surface area contributed by atoms with Crippen LogP contribution in [0.4, 0.5) is 18.9 Å². The number of nitrogens with zero attached hydrogens (tertiary/aromatic N) is 1. The number of halogens is 3. The summed E-state index contributed by atoms with van der Waals surface area (Å²) in [4.78, 5) is 23.6. The summed E-state index contributed by atoms with van der Waals surface area (Å²) >= 11 is 1.03. The molecule has 0 saturated heterocycles. The van der Waals surface area contributed by atoms with Gasteiger partial charge in [0.05, 0.1) is 17.9 Å². The number of aryl methyl sites for hydroxylation is 1. The summed E-state index contributed by atoms with van der Waals surface area (Å²) in [6, 6.07) is 2.96. The topological polar surface area (TPSA) is 60.3 Å². The first-order valence-electron chi connectivity index (χ1n) is 8.01. The van der Waals surface area contributed by atoms with E-state index < -0.39 is 17.6 Å². The molecule has 1 aromatic carbocycles. The summed E-state index contributed by atoms with van der Waals surface area (Å²) in [7, 11) is 0. The van der Waals surface area contributed by atoms with Crippen LogP contribution in [0.25, 0.3) is 0 Å². The third-order valence-electron chi connectivity index (χ3n) is 3.58. The van der Waals surface area contributed by atoms with E-state index in [0.29, 0.717) is 13.0 Å². The fourth-order valence-corrected chi connectivity index (χ4v) is 3.00. The third kappa shape index (κ3) is 5.10. The Morgan fingerprint density at radius 2 is 2.08 bits per heavy atom. The SMILES string of the molecule is CCCOc1ccc(C(F)(F)F)cc1NC(=O)CCn1c(C)csc1=O. The van der Waals surface area contributed by atoms with Crippen LogP contribution in [0.3, 0.4) is 0 Å². The molecule has 1 amide bonds. The molecule has 142 valence electrons. The van der Waals surface area contributed by atoms with Crippen molar-refractivity contribution < 1.29 is 22.7 Å². The molecule has 9 heteroatoms. The molecule has 0 unspecified atom stereocenters. The van der Waals surface area contributed by atoms with Crippen molar-refractivity contribution in [2.75, 3.05) is 11.9 Å². The van der Waals surface area contributed by atoms with E-state index in [-0.39, 0.29) is 29.3 Å². The molecule has 2 aromatic rings. The van der Waals surface area contributed by atoms with Crippen molar-refractivity contribution in [3.05, 3.63) is 44.5 Å². The number of anilines is 1. The highest BCUT2D eigenvalue weighted by atomic mass is 32.1. The molecule has 0 spiro atoms. The number of carbonyl (C=O) groups excluding carboxylic acids is 1. The maximum atomic E-state index is 12.9. The lowest BCUT2D eigenvalue weighted by Gasteiger charge is -2.15. The Morgan fingerprint density at radius 3 is 2.65 bits per heavy atom. The highest BCUT2D eigenvalue weighted by molar-refractivity contribution is 7.07. The van der Waals surface area contributed by atoms with Gasteiger partial charge in [0.1, 0.15) is 5.75 Å². The molecule has 0 aliphatic heterocycles. The van der Waals surface area contributed by atoms with Crippen LogP contribution in [0.2, 0.25) is 0 Å². The minimum Gasteiger partial charge on any atom is -0.491 e. The Labute approximate surface area is 152 Å². The van der Waals surface area contributed by atoms with E-state index in [0.717, 1.165) is 29.2 Å². The van der Waals surface area contributed by atoms with Crippen molar-refractivity contribution in [2.45, 2.75) is 39.4 Å².